The van der Waals surface area contributed by atoms with Crippen molar-refractivity contribution in [3.05, 3.63) is 30.7 Å². The lowest BCUT2D eigenvalue weighted by Crippen LogP contribution is -1.93. The summed E-state index contributed by atoms with van der Waals surface area (Å²) in [6.07, 6.45) is 3.24. The topological polar surface area (TPSA) is 92.5 Å². The molecule has 0 aliphatic heterocycles. The smallest absolute Gasteiger partial charge is 0.315 e. The summed E-state index contributed by atoms with van der Waals surface area (Å²) in [5.41, 5.74) is 4.22. The van der Waals surface area contributed by atoms with Crippen molar-refractivity contribution in [2.75, 3.05) is 0 Å². The van der Waals surface area contributed by atoms with Gasteiger partial charge in [0.05, 0.1) is 28.4 Å². The number of aromatic hydroxyl groups is 1. The number of aromatic nitrogens is 6. The number of nitrogens with zero attached hydrogens (tertiary/aromatic N) is 5. The molecule has 0 atom stereocenters. The molecule has 0 fully saturated rings. The van der Waals surface area contributed by atoms with E-state index in [9.17, 15) is 5.11 Å². The van der Waals surface area contributed by atoms with Crippen molar-refractivity contribution >= 4 is 22.1 Å². The van der Waals surface area contributed by atoms with Crippen LogP contribution >= 0.6 is 0 Å². The summed E-state index contributed by atoms with van der Waals surface area (Å²) in [6, 6.07) is 5.66. The molecule has 4 rings (SSSR count). The first kappa shape index (κ1) is 10.9. The van der Waals surface area contributed by atoms with Gasteiger partial charge in [-0.3, -0.25) is 4.68 Å². The predicted molar refractivity (Wildman–Crippen MR) is 73.1 cm³/mol. The number of fused-ring (bicyclic) bond motifs is 2. The molecule has 7 nitrogen and oxygen atoms in total. The van der Waals surface area contributed by atoms with Gasteiger partial charge in [-0.2, -0.15) is 10.1 Å². The van der Waals surface area contributed by atoms with Crippen LogP contribution in [0.25, 0.3) is 33.3 Å². The number of aryl methyl sites for hydroxylation is 1. The van der Waals surface area contributed by atoms with Gasteiger partial charge in [0.15, 0.2) is 5.65 Å². The first-order valence-corrected chi connectivity index (χ1v) is 6.04. The Hall–Kier alpha value is -2.96. The SMILES string of the molecule is Cn1nc2nc(O)ncc2c1-c1ccc2nc[nH]c2c1. The van der Waals surface area contributed by atoms with Crippen molar-refractivity contribution in [3.63, 3.8) is 0 Å². The van der Waals surface area contributed by atoms with Crippen LogP contribution in [0.2, 0.25) is 0 Å². The van der Waals surface area contributed by atoms with Crippen molar-refractivity contribution in [3.8, 4) is 17.3 Å². The summed E-state index contributed by atoms with van der Waals surface area (Å²) in [5.74, 6) is 0. The summed E-state index contributed by atoms with van der Waals surface area (Å²) in [4.78, 5) is 15.0. The van der Waals surface area contributed by atoms with Crippen molar-refractivity contribution in [2.24, 2.45) is 7.05 Å². The highest BCUT2D eigenvalue weighted by Gasteiger charge is 2.14. The summed E-state index contributed by atoms with van der Waals surface area (Å²) >= 11 is 0. The standard InChI is InChI=1S/C13H10N6O/c1-19-11(8-5-14-13(20)17-12(8)18-19)7-2-3-9-10(4-7)16-6-15-9/h2-6H,1H3,(H,15,16)(H,17,18,20). The number of H-pyrrole nitrogens is 1. The number of hydrogen-bond donors (Lipinski definition) is 2. The fraction of sp³-hybridized carbons (Fsp3) is 0.0769. The van der Waals surface area contributed by atoms with Gasteiger partial charge < -0.3 is 10.1 Å². The maximum atomic E-state index is 9.33. The van der Waals surface area contributed by atoms with Crippen molar-refractivity contribution in [2.45, 2.75) is 0 Å². The molecule has 0 spiro atoms. The van der Waals surface area contributed by atoms with E-state index < -0.39 is 0 Å². The van der Waals surface area contributed by atoms with E-state index in [4.69, 9.17) is 0 Å². The second-order valence-corrected chi connectivity index (χ2v) is 4.51. The highest BCUT2D eigenvalue weighted by molar-refractivity contribution is 5.93. The first-order valence-electron chi connectivity index (χ1n) is 6.04. The van der Waals surface area contributed by atoms with Gasteiger partial charge in [-0.25, -0.2) is 9.97 Å². The Morgan fingerprint density at radius 2 is 2.15 bits per heavy atom. The van der Waals surface area contributed by atoms with Crippen molar-refractivity contribution < 1.29 is 5.11 Å². The number of aromatic amines is 1. The molecule has 0 radical (unpaired) electrons. The number of nitrogens with one attached hydrogen (secondary N) is 1. The summed E-state index contributed by atoms with van der Waals surface area (Å²) < 4.78 is 1.73. The number of benzene rings is 1. The Morgan fingerprint density at radius 3 is 3.05 bits per heavy atom. The summed E-state index contributed by atoms with van der Waals surface area (Å²) in [7, 11) is 1.84. The monoisotopic (exact) mass is 266 g/mol. The van der Waals surface area contributed by atoms with Gasteiger partial charge in [0, 0.05) is 18.8 Å². The molecule has 0 aliphatic rings. The molecule has 4 aromatic rings. The van der Waals surface area contributed by atoms with Crippen LogP contribution in [0, 0.1) is 0 Å². The van der Waals surface area contributed by atoms with Crippen LogP contribution in [0.3, 0.4) is 0 Å². The average molecular weight is 266 g/mol. The Kier molecular flexibility index (Phi) is 2.06. The Morgan fingerprint density at radius 1 is 1.25 bits per heavy atom. The summed E-state index contributed by atoms with van der Waals surface area (Å²) in [5, 5.41) is 14.4. The fourth-order valence-electron chi connectivity index (χ4n) is 2.40. The van der Waals surface area contributed by atoms with Crippen LogP contribution in [0.15, 0.2) is 30.7 Å². The molecule has 20 heavy (non-hydrogen) atoms. The summed E-state index contributed by atoms with van der Waals surface area (Å²) in [6.45, 7) is 0. The van der Waals surface area contributed by atoms with Gasteiger partial charge in [-0.05, 0) is 12.1 Å². The lowest BCUT2D eigenvalue weighted by atomic mass is 10.1. The lowest BCUT2D eigenvalue weighted by Gasteiger charge is -2.02. The normalized spacial score (nSPS) is 11.4. The predicted octanol–water partition coefficient (Wildman–Crippen LogP) is 1.61. The molecule has 7 heteroatoms. The van der Waals surface area contributed by atoms with E-state index in [2.05, 4.69) is 25.0 Å². The van der Waals surface area contributed by atoms with E-state index in [1.165, 1.54) is 0 Å². The first-order chi connectivity index (χ1) is 9.72. The third-order valence-corrected chi connectivity index (χ3v) is 3.27. The van der Waals surface area contributed by atoms with Crippen molar-refractivity contribution in [1.82, 2.24) is 29.7 Å². The van der Waals surface area contributed by atoms with Crippen LogP contribution in [0.4, 0.5) is 0 Å². The minimum Gasteiger partial charge on any atom is -0.479 e. The lowest BCUT2D eigenvalue weighted by molar-refractivity contribution is 0.432. The molecular weight excluding hydrogens is 256 g/mol. The van der Waals surface area contributed by atoms with E-state index >= 15 is 0 Å². The molecule has 2 N–H and O–H groups in total. The Bertz CT molecular complexity index is 938. The van der Waals surface area contributed by atoms with Gasteiger partial charge in [-0.15, -0.1) is 0 Å². The van der Waals surface area contributed by atoms with Crippen LogP contribution in [-0.2, 0) is 7.05 Å². The van der Waals surface area contributed by atoms with Crippen molar-refractivity contribution in [1.29, 1.82) is 0 Å². The minimum atomic E-state index is -0.272. The Labute approximate surface area is 112 Å². The molecule has 98 valence electrons. The molecule has 0 aliphatic carbocycles. The molecule has 0 saturated heterocycles. The second kappa shape index (κ2) is 3.77. The molecule has 0 amide bonds. The Balaban J connectivity index is 2.03. The molecular formula is C13H10N6O. The van der Waals surface area contributed by atoms with E-state index in [0.717, 1.165) is 27.7 Å². The van der Waals surface area contributed by atoms with E-state index in [1.54, 1.807) is 17.2 Å². The number of hydrogen-bond acceptors (Lipinski definition) is 5. The zero-order chi connectivity index (χ0) is 13.7. The van der Waals surface area contributed by atoms with Gasteiger partial charge in [0.25, 0.3) is 0 Å². The highest BCUT2D eigenvalue weighted by atomic mass is 16.3. The second-order valence-electron chi connectivity index (χ2n) is 4.51. The zero-order valence-electron chi connectivity index (χ0n) is 10.6. The molecule has 0 saturated carbocycles. The van der Waals surface area contributed by atoms with Crippen LogP contribution in [0.1, 0.15) is 0 Å². The minimum absolute atomic E-state index is 0.272. The van der Waals surface area contributed by atoms with Gasteiger partial charge in [-0.1, -0.05) is 6.07 Å². The largest absolute Gasteiger partial charge is 0.479 e. The third-order valence-electron chi connectivity index (χ3n) is 3.27. The van der Waals surface area contributed by atoms with Gasteiger partial charge in [0.1, 0.15) is 0 Å². The maximum Gasteiger partial charge on any atom is 0.315 e. The molecule has 3 heterocycles. The quantitative estimate of drug-likeness (QED) is 0.546. The van der Waals surface area contributed by atoms with E-state index in [1.807, 2.05) is 25.2 Å². The molecule has 0 unspecified atom stereocenters. The zero-order valence-corrected chi connectivity index (χ0v) is 10.6. The molecule has 3 aromatic heterocycles. The average Bonchev–Trinajstić information content (AvgIpc) is 3.00. The molecule has 1 aromatic carbocycles. The number of imidazole rings is 1. The van der Waals surface area contributed by atoms with Crippen LogP contribution in [-0.4, -0.2) is 34.8 Å². The molecule has 0 bridgehead atoms. The van der Waals surface area contributed by atoms with Gasteiger partial charge >= 0.3 is 6.01 Å². The third kappa shape index (κ3) is 1.46. The maximum absolute atomic E-state index is 9.33. The van der Waals surface area contributed by atoms with Gasteiger partial charge in [0.2, 0.25) is 0 Å². The highest BCUT2D eigenvalue weighted by Crippen LogP contribution is 2.29. The fourth-order valence-corrected chi connectivity index (χ4v) is 2.40. The van der Waals surface area contributed by atoms with Crippen LogP contribution < -0.4 is 0 Å². The van der Waals surface area contributed by atoms with E-state index in [0.29, 0.717) is 5.65 Å². The number of rotatable bonds is 1. The van der Waals surface area contributed by atoms with Crippen LogP contribution in [0.5, 0.6) is 6.01 Å². The van der Waals surface area contributed by atoms with E-state index in [-0.39, 0.29) is 6.01 Å².